The van der Waals surface area contributed by atoms with Crippen molar-refractivity contribution in [2.75, 3.05) is 32.7 Å². The molecule has 1 aromatic carbocycles. The summed E-state index contributed by atoms with van der Waals surface area (Å²) in [5.74, 6) is -0.0778. The van der Waals surface area contributed by atoms with E-state index >= 15 is 0 Å². The molecule has 3 heterocycles. The number of likely N-dealkylation sites (tertiary alicyclic amines) is 1. The number of carbonyl (C=O) groups excluding carboxylic acids is 3. The molecule has 0 N–H and O–H groups in total. The van der Waals surface area contributed by atoms with Gasteiger partial charge in [-0.05, 0) is 38.2 Å². The minimum atomic E-state index is -0.736. The Morgan fingerprint density at radius 1 is 1.16 bits per heavy atom. The quantitative estimate of drug-likeness (QED) is 0.696. The van der Waals surface area contributed by atoms with Crippen LogP contribution in [-0.4, -0.2) is 75.4 Å². The standard InChI is InChI=1S/C22H27N5O4/c1-3-25-11-12-27(21(29)20(25)28)22(30)26-10-6-8-16(14-26)13-18-23-19(24-31-18)17-9-5-4-7-15(17)2/h4-5,7,9,16H,3,6,8,10-14H2,1-2H3/t16-/m1/s1. The van der Waals surface area contributed by atoms with Crippen LogP contribution in [0.3, 0.4) is 0 Å². The second-order valence-electron chi connectivity index (χ2n) is 8.11. The van der Waals surface area contributed by atoms with E-state index in [2.05, 4.69) is 10.1 Å². The maximum Gasteiger partial charge on any atom is 0.327 e. The van der Waals surface area contributed by atoms with E-state index in [1.54, 1.807) is 4.90 Å². The smallest absolute Gasteiger partial charge is 0.327 e. The van der Waals surface area contributed by atoms with Crippen LogP contribution in [0, 0.1) is 12.8 Å². The highest BCUT2D eigenvalue weighted by atomic mass is 16.5. The van der Waals surface area contributed by atoms with E-state index in [0.717, 1.165) is 28.9 Å². The van der Waals surface area contributed by atoms with Gasteiger partial charge in [-0.1, -0.05) is 29.4 Å². The van der Waals surface area contributed by atoms with Gasteiger partial charge in [0.05, 0.1) is 0 Å². The summed E-state index contributed by atoms with van der Waals surface area (Å²) in [5, 5.41) is 4.11. The van der Waals surface area contributed by atoms with Gasteiger partial charge in [0.2, 0.25) is 11.7 Å². The number of likely N-dealkylation sites (N-methyl/N-ethyl adjacent to an activating group) is 1. The summed E-state index contributed by atoms with van der Waals surface area (Å²) in [6.45, 7) is 5.98. The van der Waals surface area contributed by atoms with E-state index < -0.39 is 11.8 Å². The molecule has 4 rings (SSSR count). The van der Waals surface area contributed by atoms with Gasteiger partial charge in [0.25, 0.3) is 0 Å². The first-order valence-electron chi connectivity index (χ1n) is 10.8. The Morgan fingerprint density at radius 3 is 2.74 bits per heavy atom. The molecule has 2 aromatic rings. The number of carbonyl (C=O) groups is 3. The van der Waals surface area contributed by atoms with Crippen LogP contribution in [0.4, 0.5) is 4.79 Å². The highest BCUT2D eigenvalue weighted by Gasteiger charge is 2.38. The molecule has 1 atom stereocenters. The molecule has 164 valence electrons. The van der Waals surface area contributed by atoms with Crippen molar-refractivity contribution in [1.82, 2.24) is 24.8 Å². The molecule has 9 nitrogen and oxygen atoms in total. The minimum absolute atomic E-state index is 0.158. The molecule has 0 spiro atoms. The number of piperidine rings is 1. The Labute approximate surface area is 181 Å². The van der Waals surface area contributed by atoms with E-state index in [4.69, 9.17) is 4.52 Å². The van der Waals surface area contributed by atoms with Crippen LogP contribution >= 0.6 is 0 Å². The van der Waals surface area contributed by atoms with Crippen molar-refractivity contribution in [1.29, 1.82) is 0 Å². The van der Waals surface area contributed by atoms with Crippen LogP contribution < -0.4 is 0 Å². The first-order chi connectivity index (χ1) is 15.0. The average Bonchev–Trinajstić information content (AvgIpc) is 3.24. The molecule has 0 bridgehead atoms. The monoisotopic (exact) mass is 425 g/mol. The number of urea groups is 1. The molecule has 31 heavy (non-hydrogen) atoms. The average molecular weight is 425 g/mol. The molecule has 0 radical (unpaired) electrons. The van der Waals surface area contributed by atoms with Gasteiger partial charge in [0.1, 0.15) is 0 Å². The largest absolute Gasteiger partial charge is 0.339 e. The summed E-state index contributed by atoms with van der Waals surface area (Å²) in [4.78, 5) is 46.2. The number of piperazine rings is 1. The molecule has 0 unspecified atom stereocenters. The van der Waals surface area contributed by atoms with Crippen LogP contribution in [0.15, 0.2) is 28.8 Å². The van der Waals surface area contributed by atoms with E-state index in [0.29, 0.717) is 44.3 Å². The first-order valence-corrected chi connectivity index (χ1v) is 10.8. The van der Waals surface area contributed by atoms with Gasteiger partial charge in [0.15, 0.2) is 0 Å². The number of hydrogen-bond donors (Lipinski definition) is 0. The molecule has 2 saturated heterocycles. The van der Waals surface area contributed by atoms with Crippen molar-refractivity contribution in [2.45, 2.75) is 33.1 Å². The third-order valence-electron chi connectivity index (χ3n) is 6.03. The summed E-state index contributed by atoms with van der Waals surface area (Å²) in [6, 6.07) is 7.48. The second kappa shape index (κ2) is 8.87. The zero-order valence-corrected chi connectivity index (χ0v) is 17.9. The number of benzene rings is 1. The topological polar surface area (TPSA) is 99.8 Å². The van der Waals surface area contributed by atoms with Gasteiger partial charge in [-0.2, -0.15) is 4.98 Å². The normalized spacial score (nSPS) is 19.8. The number of amides is 4. The van der Waals surface area contributed by atoms with E-state index in [1.165, 1.54) is 4.90 Å². The zero-order valence-electron chi connectivity index (χ0n) is 17.9. The van der Waals surface area contributed by atoms with Crippen LogP contribution in [0.5, 0.6) is 0 Å². The summed E-state index contributed by atoms with van der Waals surface area (Å²) in [6.07, 6.45) is 2.33. The van der Waals surface area contributed by atoms with Gasteiger partial charge in [-0.15, -0.1) is 0 Å². The number of imide groups is 1. The predicted molar refractivity (Wildman–Crippen MR) is 112 cm³/mol. The molecule has 2 fully saturated rings. The molecular weight excluding hydrogens is 398 g/mol. The van der Waals surface area contributed by atoms with Crippen LogP contribution in [-0.2, 0) is 16.0 Å². The summed E-state index contributed by atoms with van der Waals surface area (Å²) >= 11 is 0. The lowest BCUT2D eigenvalue weighted by atomic mass is 9.95. The molecule has 1 aromatic heterocycles. The molecule has 4 amide bonds. The molecule has 0 saturated carbocycles. The third-order valence-corrected chi connectivity index (χ3v) is 6.03. The van der Waals surface area contributed by atoms with Crippen molar-refractivity contribution in [3.05, 3.63) is 35.7 Å². The maximum absolute atomic E-state index is 12.9. The number of nitrogens with zero attached hydrogens (tertiary/aromatic N) is 5. The zero-order chi connectivity index (χ0) is 22.0. The third kappa shape index (κ3) is 4.30. The molecular formula is C22H27N5O4. The summed E-state index contributed by atoms with van der Waals surface area (Å²) < 4.78 is 5.46. The van der Waals surface area contributed by atoms with Crippen molar-refractivity contribution >= 4 is 17.8 Å². The van der Waals surface area contributed by atoms with E-state index in [9.17, 15) is 14.4 Å². The molecule has 2 aliphatic rings. The molecule has 2 aliphatic heterocycles. The van der Waals surface area contributed by atoms with Crippen LogP contribution in [0.1, 0.15) is 31.2 Å². The number of hydrogen-bond acceptors (Lipinski definition) is 6. The maximum atomic E-state index is 12.9. The second-order valence-corrected chi connectivity index (χ2v) is 8.11. The lowest BCUT2D eigenvalue weighted by Gasteiger charge is -2.38. The number of aromatic nitrogens is 2. The number of rotatable bonds is 4. The van der Waals surface area contributed by atoms with Gasteiger partial charge < -0.3 is 14.3 Å². The van der Waals surface area contributed by atoms with Gasteiger partial charge in [-0.25, -0.2) is 4.79 Å². The Morgan fingerprint density at radius 2 is 1.97 bits per heavy atom. The van der Waals surface area contributed by atoms with E-state index in [-0.39, 0.29) is 18.5 Å². The SMILES string of the molecule is CCN1CCN(C(=O)N2CCC[C@H](Cc3nc(-c4ccccc4C)no3)C2)C(=O)C1=O. The fourth-order valence-corrected chi connectivity index (χ4v) is 4.25. The van der Waals surface area contributed by atoms with Crippen molar-refractivity contribution in [2.24, 2.45) is 5.92 Å². The first kappa shape index (κ1) is 21.0. The fourth-order valence-electron chi connectivity index (χ4n) is 4.25. The lowest BCUT2D eigenvalue weighted by Crippen LogP contribution is -2.59. The predicted octanol–water partition coefficient (Wildman–Crippen LogP) is 2.11. The Kier molecular flexibility index (Phi) is 6.01. The van der Waals surface area contributed by atoms with Gasteiger partial charge in [-0.3, -0.25) is 14.5 Å². The molecule has 9 heteroatoms. The fraction of sp³-hybridized carbons (Fsp3) is 0.500. The van der Waals surface area contributed by atoms with Gasteiger partial charge in [0, 0.05) is 44.7 Å². The van der Waals surface area contributed by atoms with Gasteiger partial charge >= 0.3 is 17.8 Å². The van der Waals surface area contributed by atoms with Crippen LogP contribution in [0.2, 0.25) is 0 Å². The highest BCUT2D eigenvalue weighted by Crippen LogP contribution is 2.24. The lowest BCUT2D eigenvalue weighted by molar-refractivity contribution is -0.154. The Bertz CT molecular complexity index is 988. The highest BCUT2D eigenvalue weighted by molar-refractivity contribution is 6.38. The van der Waals surface area contributed by atoms with Crippen molar-refractivity contribution in [3.8, 4) is 11.4 Å². The Balaban J connectivity index is 1.39. The van der Waals surface area contributed by atoms with Crippen molar-refractivity contribution in [3.63, 3.8) is 0 Å². The van der Waals surface area contributed by atoms with E-state index in [1.807, 2.05) is 38.1 Å². The molecule has 0 aliphatic carbocycles. The summed E-state index contributed by atoms with van der Waals surface area (Å²) in [7, 11) is 0. The minimum Gasteiger partial charge on any atom is -0.339 e. The number of aryl methyl sites for hydroxylation is 1. The summed E-state index contributed by atoms with van der Waals surface area (Å²) in [5.41, 5.74) is 2.01. The van der Waals surface area contributed by atoms with Crippen molar-refractivity contribution < 1.29 is 18.9 Å². The Hall–Kier alpha value is -3.23. The van der Waals surface area contributed by atoms with Crippen LogP contribution in [0.25, 0.3) is 11.4 Å².